The molecular weight excluding hydrogens is 570 g/mol. The molecular formula is C24H28F6N4O5S. The van der Waals surface area contributed by atoms with Crippen LogP contribution in [0, 0.1) is 0 Å². The number of aromatic nitrogens is 2. The number of piperidine rings is 1. The van der Waals surface area contributed by atoms with Gasteiger partial charge in [0, 0.05) is 48.7 Å². The van der Waals surface area contributed by atoms with Gasteiger partial charge in [0.25, 0.3) is 5.56 Å². The molecule has 0 amide bonds. The van der Waals surface area contributed by atoms with Crippen LogP contribution in [0.25, 0.3) is 11.4 Å². The number of hydrogen-bond acceptors (Lipinski definition) is 7. The molecule has 1 aromatic heterocycles. The number of nitrogens with zero attached hydrogens (tertiary/aromatic N) is 2. The van der Waals surface area contributed by atoms with Gasteiger partial charge in [-0.3, -0.25) is 9.69 Å². The molecule has 2 fully saturated rings. The zero-order chi connectivity index (χ0) is 29.9. The molecule has 0 atom stereocenters. The van der Waals surface area contributed by atoms with E-state index in [0.29, 0.717) is 11.7 Å². The van der Waals surface area contributed by atoms with Crippen molar-refractivity contribution in [1.29, 1.82) is 0 Å². The van der Waals surface area contributed by atoms with Crippen molar-refractivity contribution in [2.45, 2.75) is 37.7 Å². The molecule has 2 aromatic rings. The maximum atomic E-state index is 12.1. The minimum atomic E-state index is -5.08. The predicted octanol–water partition coefficient (Wildman–Crippen LogP) is 3.72. The van der Waals surface area contributed by atoms with E-state index in [9.17, 15) is 31.1 Å². The molecule has 16 heteroatoms. The maximum Gasteiger partial charge on any atom is 0.490 e. The van der Waals surface area contributed by atoms with Crippen LogP contribution in [0.3, 0.4) is 0 Å². The third-order valence-electron chi connectivity index (χ3n) is 5.74. The standard InChI is InChI=1S/C20H26N4OS.2C2HF3O2/c25-19-13-18(16-5-7-21-8-6-16)22-20(23-19)17-3-1-15(2-4-17)14-24-9-11-26-12-10-24;2*3-2(4,5)1(6)7/h1-4,13,16,21H,5-12,14H2,(H,22,23,25);2*(H,6,7). The summed E-state index contributed by atoms with van der Waals surface area (Å²) in [5, 5.41) is 17.6. The topological polar surface area (TPSA) is 136 Å². The average molecular weight is 599 g/mol. The van der Waals surface area contributed by atoms with Gasteiger partial charge in [-0.1, -0.05) is 24.3 Å². The fourth-order valence-electron chi connectivity index (χ4n) is 3.73. The summed E-state index contributed by atoms with van der Waals surface area (Å²) >= 11 is 2.04. The Bertz CT molecular complexity index is 1140. The minimum Gasteiger partial charge on any atom is -0.475 e. The zero-order valence-electron chi connectivity index (χ0n) is 21.0. The van der Waals surface area contributed by atoms with Crippen LogP contribution >= 0.6 is 11.8 Å². The lowest BCUT2D eigenvalue weighted by molar-refractivity contribution is -0.193. The summed E-state index contributed by atoms with van der Waals surface area (Å²) in [6, 6.07) is 10.2. The number of carboxylic acid groups (broad SMARTS) is 2. The molecule has 2 saturated heterocycles. The lowest BCUT2D eigenvalue weighted by Crippen LogP contribution is -2.31. The first kappa shape index (κ1) is 33.1. The number of aliphatic carboxylic acids is 2. The van der Waals surface area contributed by atoms with Crippen LogP contribution in [0.15, 0.2) is 35.1 Å². The summed E-state index contributed by atoms with van der Waals surface area (Å²) in [4.78, 5) is 40.1. The first-order chi connectivity index (χ1) is 18.7. The van der Waals surface area contributed by atoms with Gasteiger partial charge in [0.1, 0.15) is 5.82 Å². The van der Waals surface area contributed by atoms with Crippen LogP contribution in [0.1, 0.15) is 30.0 Å². The lowest BCUT2D eigenvalue weighted by atomic mass is 9.94. The molecule has 0 unspecified atom stereocenters. The van der Waals surface area contributed by atoms with Crippen molar-refractivity contribution in [2.24, 2.45) is 0 Å². The number of H-pyrrole nitrogens is 1. The van der Waals surface area contributed by atoms with Gasteiger partial charge < -0.3 is 20.5 Å². The minimum absolute atomic E-state index is 0.0570. The van der Waals surface area contributed by atoms with E-state index >= 15 is 0 Å². The van der Waals surface area contributed by atoms with Crippen molar-refractivity contribution in [2.75, 3.05) is 37.7 Å². The maximum absolute atomic E-state index is 12.1. The van der Waals surface area contributed by atoms with Crippen molar-refractivity contribution in [3.63, 3.8) is 0 Å². The Kier molecular flexibility index (Phi) is 12.4. The summed E-state index contributed by atoms with van der Waals surface area (Å²) in [7, 11) is 0. The number of alkyl halides is 6. The molecule has 1 aromatic carbocycles. The number of hydrogen-bond donors (Lipinski definition) is 4. The van der Waals surface area contributed by atoms with Crippen LogP contribution in [0.5, 0.6) is 0 Å². The van der Waals surface area contributed by atoms with Gasteiger partial charge in [-0.05, 0) is 31.5 Å². The quantitative estimate of drug-likeness (QED) is 0.389. The smallest absolute Gasteiger partial charge is 0.475 e. The van der Waals surface area contributed by atoms with Crippen molar-refractivity contribution in [3.8, 4) is 11.4 Å². The van der Waals surface area contributed by atoms with Gasteiger partial charge in [0.15, 0.2) is 0 Å². The number of aromatic amines is 1. The normalized spacial score (nSPS) is 16.6. The zero-order valence-corrected chi connectivity index (χ0v) is 21.8. The first-order valence-electron chi connectivity index (χ1n) is 12.0. The molecule has 4 N–H and O–H groups in total. The fraction of sp³-hybridized carbons (Fsp3) is 0.500. The number of rotatable bonds is 4. The Balaban J connectivity index is 0.000000333. The third kappa shape index (κ3) is 11.6. The van der Waals surface area contributed by atoms with Crippen LogP contribution in [0.2, 0.25) is 0 Å². The van der Waals surface area contributed by atoms with Gasteiger partial charge in [-0.15, -0.1) is 0 Å². The summed E-state index contributed by atoms with van der Waals surface area (Å²) in [6.07, 6.45) is -8.08. The fourth-order valence-corrected chi connectivity index (χ4v) is 4.70. The van der Waals surface area contributed by atoms with Gasteiger partial charge in [0.2, 0.25) is 0 Å². The SMILES string of the molecule is O=C(O)C(F)(F)F.O=C(O)C(F)(F)F.O=c1cc(C2CCNCC2)nc(-c2ccc(CN3CCSCC3)cc2)[nH]1. The third-order valence-corrected chi connectivity index (χ3v) is 6.68. The number of carboxylic acids is 2. The van der Waals surface area contributed by atoms with E-state index in [1.807, 2.05) is 11.8 Å². The Hall–Kier alpha value is -3.11. The second kappa shape index (κ2) is 15.0. The highest BCUT2D eigenvalue weighted by atomic mass is 32.2. The summed E-state index contributed by atoms with van der Waals surface area (Å²) in [5.41, 5.74) is 3.17. The van der Waals surface area contributed by atoms with Crippen molar-refractivity contribution < 1.29 is 46.1 Å². The highest BCUT2D eigenvalue weighted by Gasteiger charge is 2.38. The highest BCUT2D eigenvalue weighted by molar-refractivity contribution is 7.99. The van der Waals surface area contributed by atoms with E-state index in [1.165, 1.54) is 30.2 Å². The van der Waals surface area contributed by atoms with E-state index < -0.39 is 24.3 Å². The highest BCUT2D eigenvalue weighted by Crippen LogP contribution is 2.24. The van der Waals surface area contributed by atoms with Crippen molar-refractivity contribution in [1.82, 2.24) is 20.2 Å². The number of carbonyl (C=O) groups is 2. The molecule has 9 nitrogen and oxygen atoms in total. The molecule has 4 rings (SSSR count). The van der Waals surface area contributed by atoms with Crippen molar-refractivity contribution >= 4 is 23.7 Å². The molecule has 0 radical (unpaired) electrons. The lowest BCUT2D eigenvalue weighted by Gasteiger charge is -2.26. The van der Waals surface area contributed by atoms with E-state index in [-0.39, 0.29) is 5.56 Å². The molecule has 40 heavy (non-hydrogen) atoms. The number of benzene rings is 1. The van der Waals surface area contributed by atoms with E-state index in [2.05, 4.69) is 39.5 Å². The van der Waals surface area contributed by atoms with Crippen LogP contribution in [-0.2, 0) is 16.1 Å². The molecule has 2 aliphatic heterocycles. The van der Waals surface area contributed by atoms with E-state index in [1.54, 1.807) is 6.07 Å². The monoisotopic (exact) mass is 598 g/mol. The van der Waals surface area contributed by atoms with E-state index in [0.717, 1.165) is 43.7 Å². The molecule has 0 bridgehead atoms. The first-order valence-corrected chi connectivity index (χ1v) is 13.1. The van der Waals surface area contributed by atoms with Crippen LogP contribution < -0.4 is 10.9 Å². The summed E-state index contributed by atoms with van der Waals surface area (Å²) in [6.45, 7) is 5.33. The van der Waals surface area contributed by atoms with E-state index in [4.69, 9.17) is 24.8 Å². The molecule has 2 aliphatic rings. The Labute approximate surface area is 229 Å². The van der Waals surface area contributed by atoms with Crippen LogP contribution in [-0.4, -0.2) is 87.1 Å². The second-order valence-electron chi connectivity index (χ2n) is 8.73. The van der Waals surface area contributed by atoms with Gasteiger partial charge >= 0.3 is 24.3 Å². The summed E-state index contributed by atoms with van der Waals surface area (Å²) in [5.74, 6) is -1.99. The number of thioether (sulfide) groups is 1. The molecule has 0 saturated carbocycles. The van der Waals surface area contributed by atoms with Crippen molar-refractivity contribution in [3.05, 3.63) is 51.9 Å². The number of nitrogens with one attached hydrogen (secondary N) is 2. The largest absolute Gasteiger partial charge is 0.490 e. The molecule has 222 valence electrons. The molecule has 3 heterocycles. The van der Waals surface area contributed by atoms with Gasteiger partial charge in [0.05, 0.1) is 5.69 Å². The van der Waals surface area contributed by atoms with Gasteiger partial charge in [-0.2, -0.15) is 38.1 Å². The summed E-state index contributed by atoms with van der Waals surface area (Å²) < 4.78 is 63.5. The average Bonchev–Trinajstić information content (AvgIpc) is 2.89. The predicted molar refractivity (Wildman–Crippen MR) is 135 cm³/mol. The molecule has 0 spiro atoms. The Morgan fingerprint density at radius 2 is 1.45 bits per heavy atom. The second-order valence-corrected chi connectivity index (χ2v) is 9.96. The van der Waals surface area contributed by atoms with Gasteiger partial charge in [-0.25, -0.2) is 14.6 Å². The molecule has 0 aliphatic carbocycles. The number of halogens is 6. The Morgan fingerprint density at radius 1 is 0.950 bits per heavy atom. The van der Waals surface area contributed by atoms with Crippen LogP contribution in [0.4, 0.5) is 26.3 Å². The Morgan fingerprint density at radius 3 is 1.93 bits per heavy atom.